The minimum Gasteiger partial charge on any atom is -0.464 e. The summed E-state index contributed by atoms with van der Waals surface area (Å²) in [5.41, 5.74) is 2.63. The summed E-state index contributed by atoms with van der Waals surface area (Å²) in [5, 5.41) is 13.9. The van der Waals surface area contributed by atoms with Crippen LogP contribution >= 0.6 is 11.8 Å². The fourth-order valence-electron chi connectivity index (χ4n) is 3.15. The minimum atomic E-state index is -0.526. The molecule has 2 heterocycles. The molecule has 27 heavy (non-hydrogen) atoms. The first kappa shape index (κ1) is 19.5. The lowest BCUT2D eigenvalue weighted by Crippen LogP contribution is -2.39. The fourth-order valence-corrected chi connectivity index (χ4v) is 3.67. The van der Waals surface area contributed by atoms with E-state index < -0.39 is 5.63 Å². The number of aliphatic hydroxyl groups excluding tert-OH is 1. The van der Waals surface area contributed by atoms with Crippen molar-refractivity contribution >= 4 is 39.6 Å². The lowest BCUT2D eigenvalue weighted by atomic mass is 10.0. The minimum absolute atomic E-state index is 0.0811. The van der Waals surface area contributed by atoms with E-state index in [0.717, 1.165) is 27.7 Å². The largest absolute Gasteiger partial charge is 0.464 e. The van der Waals surface area contributed by atoms with Crippen molar-refractivity contribution < 1.29 is 18.7 Å². The van der Waals surface area contributed by atoms with Gasteiger partial charge in [-0.05, 0) is 49.5 Å². The van der Waals surface area contributed by atoms with Crippen molar-refractivity contribution in [2.24, 2.45) is 0 Å². The van der Waals surface area contributed by atoms with Gasteiger partial charge >= 0.3 is 5.63 Å². The molecule has 3 rings (SSSR count). The zero-order valence-corrected chi connectivity index (χ0v) is 16.4. The molecule has 3 aromatic rings. The van der Waals surface area contributed by atoms with Crippen LogP contribution in [0.5, 0.6) is 0 Å². The third-order valence-corrected chi connectivity index (χ3v) is 5.41. The Hall–Kier alpha value is -2.25. The second kappa shape index (κ2) is 8.19. The normalized spacial score (nSPS) is 12.6. The van der Waals surface area contributed by atoms with E-state index in [1.54, 1.807) is 24.1 Å². The zero-order chi connectivity index (χ0) is 19.6. The van der Waals surface area contributed by atoms with E-state index >= 15 is 0 Å². The Kier molecular flexibility index (Phi) is 5.92. The molecule has 7 heteroatoms. The van der Waals surface area contributed by atoms with Gasteiger partial charge in [-0.2, -0.15) is 11.8 Å². The molecule has 1 atom stereocenters. The zero-order valence-electron chi connectivity index (χ0n) is 15.6. The maximum absolute atomic E-state index is 12.4. The molecule has 1 unspecified atom stereocenters. The summed E-state index contributed by atoms with van der Waals surface area (Å²) in [6.07, 6.45) is 4.22. The highest BCUT2D eigenvalue weighted by molar-refractivity contribution is 7.98. The Morgan fingerprint density at radius 1 is 1.26 bits per heavy atom. The molecule has 0 bridgehead atoms. The van der Waals surface area contributed by atoms with Crippen molar-refractivity contribution in [1.82, 2.24) is 5.32 Å². The first-order valence-electron chi connectivity index (χ1n) is 8.78. The summed E-state index contributed by atoms with van der Waals surface area (Å²) in [6, 6.07) is 3.32. The molecular weight excluding hydrogens is 366 g/mol. The fraction of sp³-hybridized carbons (Fsp3) is 0.400. The van der Waals surface area contributed by atoms with Crippen molar-refractivity contribution in [3.8, 4) is 0 Å². The number of benzene rings is 1. The van der Waals surface area contributed by atoms with Gasteiger partial charge in [0.2, 0.25) is 5.91 Å². The van der Waals surface area contributed by atoms with E-state index in [1.165, 1.54) is 0 Å². The van der Waals surface area contributed by atoms with Crippen LogP contribution in [0.4, 0.5) is 0 Å². The van der Waals surface area contributed by atoms with Crippen molar-refractivity contribution in [2.45, 2.75) is 32.7 Å². The van der Waals surface area contributed by atoms with Gasteiger partial charge in [0.15, 0.2) is 0 Å². The number of hydrogen-bond acceptors (Lipinski definition) is 6. The van der Waals surface area contributed by atoms with Gasteiger partial charge in [-0.25, -0.2) is 4.79 Å². The number of fused-ring (bicyclic) bond motifs is 2. The molecule has 144 valence electrons. The number of carbonyl (C=O) groups excluding carboxylic acids is 1. The third-order valence-electron chi connectivity index (χ3n) is 4.77. The Bertz CT molecular complexity index is 1040. The highest BCUT2D eigenvalue weighted by Crippen LogP contribution is 2.28. The summed E-state index contributed by atoms with van der Waals surface area (Å²) in [5.74, 6) is 0.536. The Labute approximate surface area is 160 Å². The van der Waals surface area contributed by atoms with Crippen LogP contribution in [0.2, 0.25) is 0 Å². The molecular formula is C20H23NO5S. The van der Waals surface area contributed by atoms with Crippen LogP contribution in [0.15, 0.2) is 32.0 Å². The maximum atomic E-state index is 12.4. The van der Waals surface area contributed by atoms with Gasteiger partial charge < -0.3 is 19.3 Å². The average Bonchev–Trinajstić information content (AvgIpc) is 3.01. The predicted molar refractivity (Wildman–Crippen MR) is 107 cm³/mol. The standard InChI is InChI=1S/C20H23NO5S/c1-11-10-25-17-8-18-15(6-14(11)17)12(2)16(20(24)26-18)7-19(23)21-13(9-22)4-5-27-3/h6,8,10,13,22H,4-5,7,9H2,1-3H3,(H,21,23). The number of amides is 1. The first-order chi connectivity index (χ1) is 12.9. The molecule has 0 fully saturated rings. The number of thioether (sulfide) groups is 1. The molecule has 2 aromatic heterocycles. The number of carbonyl (C=O) groups is 1. The van der Waals surface area contributed by atoms with Crippen molar-refractivity contribution in [2.75, 3.05) is 18.6 Å². The highest BCUT2D eigenvalue weighted by Gasteiger charge is 2.18. The molecule has 0 saturated heterocycles. The molecule has 0 aliphatic heterocycles. The summed E-state index contributed by atoms with van der Waals surface area (Å²) in [6.45, 7) is 3.64. The van der Waals surface area contributed by atoms with Crippen LogP contribution in [0.1, 0.15) is 23.1 Å². The molecule has 0 aliphatic carbocycles. The van der Waals surface area contributed by atoms with Crippen LogP contribution in [-0.4, -0.2) is 35.7 Å². The SMILES string of the molecule is CSCCC(CO)NC(=O)Cc1c(C)c2cc3c(C)coc3cc2oc1=O. The highest BCUT2D eigenvalue weighted by atomic mass is 32.2. The summed E-state index contributed by atoms with van der Waals surface area (Å²) in [4.78, 5) is 24.8. The van der Waals surface area contributed by atoms with E-state index in [2.05, 4.69) is 5.32 Å². The van der Waals surface area contributed by atoms with E-state index in [-0.39, 0.29) is 25.0 Å². The third kappa shape index (κ3) is 4.04. The van der Waals surface area contributed by atoms with Gasteiger partial charge in [0.1, 0.15) is 11.2 Å². The van der Waals surface area contributed by atoms with E-state index in [1.807, 2.05) is 26.2 Å². The second-order valence-corrected chi connectivity index (χ2v) is 7.65. The van der Waals surface area contributed by atoms with E-state index in [0.29, 0.717) is 23.2 Å². The molecule has 1 aromatic carbocycles. The van der Waals surface area contributed by atoms with Crippen LogP contribution in [0.3, 0.4) is 0 Å². The van der Waals surface area contributed by atoms with Crippen molar-refractivity contribution in [3.63, 3.8) is 0 Å². The smallest absolute Gasteiger partial charge is 0.340 e. The Balaban J connectivity index is 1.92. The number of nitrogens with one attached hydrogen (secondary N) is 1. The summed E-state index contributed by atoms with van der Waals surface area (Å²) < 4.78 is 10.9. The van der Waals surface area contributed by atoms with Crippen LogP contribution in [0.25, 0.3) is 21.9 Å². The molecule has 6 nitrogen and oxygen atoms in total. The molecule has 0 saturated carbocycles. The first-order valence-corrected chi connectivity index (χ1v) is 10.2. The monoisotopic (exact) mass is 389 g/mol. The summed E-state index contributed by atoms with van der Waals surface area (Å²) >= 11 is 1.65. The molecule has 0 radical (unpaired) electrons. The van der Waals surface area contributed by atoms with Gasteiger partial charge in [-0.3, -0.25) is 4.79 Å². The van der Waals surface area contributed by atoms with Crippen LogP contribution < -0.4 is 10.9 Å². The van der Waals surface area contributed by atoms with Crippen molar-refractivity contribution in [3.05, 3.63) is 45.5 Å². The quantitative estimate of drug-likeness (QED) is 0.604. The Morgan fingerprint density at radius 2 is 2.04 bits per heavy atom. The second-order valence-electron chi connectivity index (χ2n) is 6.66. The number of hydrogen-bond donors (Lipinski definition) is 2. The van der Waals surface area contributed by atoms with Gasteiger partial charge in [-0.1, -0.05) is 0 Å². The van der Waals surface area contributed by atoms with Gasteiger partial charge in [0, 0.05) is 16.8 Å². The molecule has 2 N–H and O–H groups in total. The molecule has 0 spiro atoms. The Morgan fingerprint density at radius 3 is 2.74 bits per heavy atom. The maximum Gasteiger partial charge on any atom is 0.340 e. The topological polar surface area (TPSA) is 92.7 Å². The lowest BCUT2D eigenvalue weighted by molar-refractivity contribution is -0.121. The summed E-state index contributed by atoms with van der Waals surface area (Å²) in [7, 11) is 0. The molecule has 0 aliphatic rings. The van der Waals surface area contributed by atoms with Gasteiger partial charge in [-0.15, -0.1) is 0 Å². The molecule has 1 amide bonds. The number of aryl methyl sites for hydroxylation is 2. The average molecular weight is 389 g/mol. The lowest BCUT2D eigenvalue weighted by Gasteiger charge is -2.16. The van der Waals surface area contributed by atoms with Gasteiger partial charge in [0.05, 0.1) is 30.9 Å². The van der Waals surface area contributed by atoms with Crippen molar-refractivity contribution in [1.29, 1.82) is 0 Å². The number of aliphatic hydroxyl groups is 1. The van der Waals surface area contributed by atoms with Crippen LogP contribution in [-0.2, 0) is 11.2 Å². The predicted octanol–water partition coefficient (Wildman–Crippen LogP) is 2.93. The van der Waals surface area contributed by atoms with E-state index in [9.17, 15) is 14.7 Å². The number of rotatable bonds is 7. The van der Waals surface area contributed by atoms with Gasteiger partial charge in [0.25, 0.3) is 0 Å². The van der Waals surface area contributed by atoms with E-state index in [4.69, 9.17) is 8.83 Å². The number of furan rings is 1. The van der Waals surface area contributed by atoms with Crippen LogP contribution in [0, 0.1) is 13.8 Å².